The Balaban J connectivity index is 1.75. The molecule has 34 heavy (non-hydrogen) atoms. The van der Waals surface area contributed by atoms with Gasteiger partial charge in [-0.1, -0.05) is 26.0 Å². The Morgan fingerprint density at radius 3 is 2.65 bits per heavy atom. The van der Waals surface area contributed by atoms with Crippen LogP contribution in [0.5, 0.6) is 5.75 Å². The second kappa shape index (κ2) is 9.77. The van der Waals surface area contributed by atoms with E-state index in [4.69, 9.17) is 4.74 Å². The van der Waals surface area contributed by atoms with Crippen molar-refractivity contribution >= 4 is 21.6 Å². The van der Waals surface area contributed by atoms with Crippen LogP contribution in [0.3, 0.4) is 0 Å². The predicted molar refractivity (Wildman–Crippen MR) is 130 cm³/mol. The average molecular weight is 489 g/mol. The number of aromatic amines is 1. The Morgan fingerprint density at radius 1 is 1.24 bits per heavy atom. The average Bonchev–Trinajstić information content (AvgIpc) is 3.25. The molecule has 2 aliphatic rings. The number of amides is 1. The number of likely N-dealkylation sites (N-methyl/N-ethyl adjacent to an activating group) is 1. The van der Waals surface area contributed by atoms with Crippen molar-refractivity contribution in [2.24, 2.45) is 0 Å². The van der Waals surface area contributed by atoms with Crippen molar-refractivity contribution in [1.29, 1.82) is 0 Å². The Morgan fingerprint density at radius 2 is 1.97 bits per heavy atom. The number of carbonyl (C=O) groups is 1. The summed E-state index contributed by atoms with van der Waals surface area (Å²) in [6, 6.07) is 4.82. The molecule has 1 unspecified atom stereocenters. The van der Waals surface area contributed by atoms with Crippen LogP contribution in [-0.2, 0) is 16.4 Å². The van der Waals surface area contributed by atoms with E-state index in [9.17, 15) is 13.2 Å². The first-order valence-corrected chi connectivity index (χ1v) is 12.9. The molecule has 4 rings (SSSR count). The summed E-state index contributed by atoms with van der Waals surface area (Å²) in [5.74, 6) is 0.164. The van der Waals surface area contributed by atoms with Crippen LogP contribution in [0.1, 0.15) is 41.3 Å². The van der Waals surface area contributed by atoms with Crippen LogP contribution in [-0.4, -0.2) is 80.6 Å². The summed E-state index contributed by atoms with van der Waals surface area (Å²) in [5, 5.41) is 10.1. The predicted octanol–water partition coefficient (Wildman–Crippen LogP) is 1.74. The number of ether oxygens (including phenoxy) is 1. The Bertz CT molecular complexity index is 1170. The van der Waals surface area contributed by atoms with Gasteiger partial charge in [0.25, 0.3) is 5.91 Å². The number of rotatable bonds is 8. The van der Waals surface area contributed by atoms with Gasteiger partial charge in [-0.2, -0.15) is 9.40 Å². The van der Waals surface area contributed by atoms with Crippen LogP contribution in [0.25, 0.3) is 0 Å². The number of fused-ring (bicyclic) bond motifs is 1. The SMILES string of the molecule is C=CCOc1ccc(S(=O)(=O)N2CCN(C)CC2)cc1C1NC(=O)c2n[nH]c(CCC)c2N1C. The zero-order valence-corrected chi connectivity index (χ0v) is 20.7. The summed E-state index contributed by atoms with van der Waals surface area (Å²) < 4.78 is 34.2. The summed E-state index contributed by atoms with van der Waals surface area (Å²) in [5.41, 5.74) is 2.48. The molecule has 1 fully saturated rings. The van der Waals surface area contributed by atoms with E-state index in [0.29, 0.717) is 43.2 Å². The minimum absolute atomic E-state index is 0.174. The number of aryl methyl sites for hydroxylation is 1. The Kier molecular flexibility index (Phi) is 6.96. The lowest BCUT2D eigenvalue weighted by Crippen LogP contribution is -2.47. The molecule has 1 amide bonds. The van der Waals surface area contributed by atoms with E-state index in [1.165, 1.54) is 4.31 Å². The molecule has 0 spiro atoms. The zero-order chi connectivity index (χ0) is 24.5. The molecular weight excluding hydrogens is 456 g/mol. The van der Waals surface area contributed by atoms with Gasteiger partial charge in [0.15, 0.2) is 5.69 Å². The van der Waals surface area contributed by atoms with Gasteiger partial charge in [-0.3, -0.25) is 9.89 Å². The van der Waals surface area contributed by atoms with E-state index in [1.807, 2.05) is 19.0 Å². The molecule has 1 aromatic carbocycles. The van der Waals surface area contributed by atoms with Crippen LogP contribution in [0.2, 0.25) is 0 Å². The minimum Gasteiger partial charge on any atom is -0.489 e. The zero-order valence-electron chi connectivity index (χ0n) is 19.9. The number of hydrogen-bond donors (Lipinski definition) is 2. The lowest BCUT2D eigenvalue weighted by Gasteiger charge is -2.36. The highest BCUT2D eigenvalue weighted by Gasteiger charge is 2.36. The number of nitrogens with zero attached hydrogens (tertiary/aromatic N) is 4. The van der Waals surface area contributed by atoms with Crippen molar-refractivity contribution in [3.8, 4) is 5.75 Å². The van der Waals surface area contributed by atoms with Crippen LogP contribution in [0.4, 0.5) is 5.69 Å². The first kappa shape index (κ1) is 24.2. The van der Waals surface area contributed by atoms with Gasteiger partial charge in [0.05, 0.1) is 16.3 Å². The van der Waals surface area contributed by atoms with E-state index in [0.717, 1.165) is 24.2 Å². The number of benzene rings is 1. The molecular formula is C23H32N6O4S. The molecule has 2 N–H and O–H groups in total. The minimum atomic E-state index is -3.70. The fraction of sp³-hybridized carbons (Fsp3) is 0.478. The number of piperazine rings is 1. The number of carbonyl (C=O) groups excluding carboxylic acids is 1. The molecule has 11 heteroatoms. The lowest BCUT2D eigenvalue weighted by molar-refractivity contribution is 0.0922. The fourth-order valence-corrected chi connectivity index (χ4v) is 5.86. The molecule has 2 aliphatic heterocycles. The number of anilines is 1. The van der Waals surface area contributed by atoms with Crippen LogP contribution in [0, 0.1) is 0 Å². The third-order valence-electron chi connectivity index (χ3n) is 6.27. The van der Waals surface area contributed by atoms with Gasteiger partial charge < -0.3 is 19.9 Å². The lowest BCUT2D eigenvalue weighted by atomic mass is 10.0. The van der Waals surface area contributed by atoms with E-state index in [1.54, 1.807) is 24.3 Å². The van der Waals surface area contributed by atoms with Crippen molar-refractivity contribution < 1.29 is 17.9 Å². The maximum absolute atomic E-state index is 13.4. The third-order valence-corrected chi connectivity index (χ3v) is 8.16. The summed E-state index contributed by atoms with van der Waals surface area (Å²) in [7, 11) is 0.136. The maximum atomic E-state index is 13.4. The highest BCUT2D eigenvalue weighted by molar-refractivity contribution is 7.89. The quantitative estimate of drug-likeness (QED) is 0.545. The van der Waals surface area contributed by atoms with Crippen LogP contribution < -0.4 is 15.0 Å². The van der Waals surface area contributed by atoms with Crippen LogP contribution >= 0.6 is 0 Å². The summed E-state index contributed by atoms with van der Waals surface area (Å²) in [4.78, 5) is 17.1. The number of hydrogen-bond acceptors (Lipinski definition) is 7. The van der Waals surface area contributed by atoms with Gasteiger partial charge in [0.1, 0.15) is 18.5 Å². The summed E-state index contributed by atoms with van der Waals surface area (Å²) >= 11 is 0. The van der Waals surface area contributed by atoms with E-state index in [-0.39, 0.29) is 17.4 Å². The van der Waals surface area contributed by atoms with Crippen molar-refractivity contribution in [3.63, 3.8) is 0 Å². The first-order valence-electron chi connectivity index (χ1n) is 11.4. The monoisotopic (exact) mass is 488 g/mol. The molecule has 0 bridgehead atoms. The van der Waals surface area contributed by atoms with Crippen molar-refractivity contribution in [1.82, 2.24) is 24.7 Å². The van der Waals surface area contributed by atoms with Gasteiger partial charge in [0, 0.05) is 38.8 Å². The molecule has 0 radical (unpaired) electrons. The Hall–Kier alpha value is -2.89. The van der Waals surface area contributed by atoms with Crippen molar-refractivity contribution in [2.45, 2.75) is 30.8 Å². The molecule has 2 aromatic rings. The largest absolute Gasteiger partial charge is 0.489 e. The topological polar surface area (TPSA) is 111 Å². The number of sulfonamides is 1. The standard InChI is InChI=1S/C23H32N6O4S/c1-5-7-18-21-20(26-25-18)23(30)24-22(28(21)4)17-15-16(8-9-19(17)33-14-6-2)34(31,32)29-12-10-27(3)11-13-29/h6,8-9,15,22H,2,5,7,10-14H2,1,3-4H3,(H,24,30)(H,25,26). The fourth-order valence-electron chi connectivity index (χ4n) is 4.40. The molecule has 0 saturated carbocycles. The van der Waals surface area contributed by atoms with Gasteiger partial charge >= 0.3 is 0 Å². The normalized spacial score (nSPS) is 19.6. The van der Waals surface area contributed by atoms with Gasteiger partial charge in [-0.05, 0) is 31.7 Å². The second-order valence-electron chi connectivity index (χ2n) is 8.64. The molecule has 1 aromatic heterocycles. The summed E-state index contributed by atoms with van der Waals surface area (Å²) in [6.45, 7) is 8.23. The third kappa shape index (κ3) is 4.42. The van der Waals surface area contributed by atoms with Crippen molar-refractivity contribution in [2.75, 3.05) is 51.8 Å². The van der Waals surface area contributed by atoms with Gasteiger partial charge in [-0.25, -0.2) is 8.42 Å². The molecule has 0 aliphatic carbocycles. The van der Waals surface area contributed by atoms with E-state index in [2.05, 4.69) is 33.9 Å². The number of aromatic nitrogens is 2. The van der Waals surface area contributed by atoms with Crippen molar-refractivity contribution in [3.05, 3.63) is 47.8 Å². The molecule has 1 atom stereocenters. The molecule has 1 saturated heterocycles. The Labute approximate surface area is 200 Å². The van der Waals surface area contributed by atoms with E-state index >= 15 is 0 Å². The first-order chi connectivity index (χ1) is 16.3. The second-order valence-corrected chi connectivity index (χ2v) is 10.6. The highest BCUT2D eigenvalue weighted by Crippen LogP contribution is 2.38. The maximum Gasteiger partial charge on any atom is 0.275 e. The number of H-pyrrole nitrogens is 1. The number of nitrogens with one attached hydrogen (secondary N) is 2. The molecule has 3 heterocycles. The molecule has 184 valence electrons. The van der Waals surface area contributed by atoms with Gasteiger partial charge in [-0.15, -0.1) is 0 Å². The van der Waals surface area contributed by atoms with Crippen LogP contribution in [0.15, 0.2) is 35.7 Å². The smallest absolute Gasteiger partial charge is 0.275 e. The van der Waals surface area contributed by atoms with Gasteiger partial charge in [0.2, 0.25) is 10.0 Å². The molecule has 10 nitrogen and oxygen atoms in total. The highest BCUT2D eigenvalue weighted by atomic mass is 32.2. The van der Waals surface area contributed by atoms with E-state index < -0.39 is 16.2 Å². The summed E-state index contributed by atoms with van der Waals surface area (Å²) in [6.07, 6.45) is 2.62.